The summed E-state index contributed by atoms with van der Waals surface area (Å²) in [5.41, 5.74) is -0.728. The number of nitrogens with one attached hydrogen (secondary N) is 1. The fourth-order valence-electron chi connectivity index (χ4n) is 1.44. The van der Waals surface area contributed by atoms with Crippen molar-refractivity contribution in [3.8, 4) is 0 Å². The lowest BCUT2D eigenvalue weighted by Gasteiger charge is -2.28. The molecule has 2 N–H and O–H groups in total. The zero-order valence-corrected chi connectivity index (χ0v) is 10.7. The van der Waals surface area contributed by atoms with Gasteiger partial charge in [-0.2, -0.15) is 0 Å². The van der Waals surface area contributed by atoms with Gasteiger partial charge in [0.2, 0.25) is 0 Å². The molecule has 0 aromatic rings. The molecule has 5 nitrogen and oxygen atoms in total. The standard InChI is InChI=1S/C11H22N2O3/c1-8(2)7-13(5)10(16)12-11(3,4)6-9(14)15/h8H,6-7H2,1-5H3,(H,12,16)(H,14,15). The molecule has 0 unspecified atom stereocenters. The van der Waals surface area contributed by atoms with Crippen molar-refractivity contribution in [1.82, 2.24) is 10.2 Å². The van der Waals surface area contributed by atoms with Gasteiger partial charge in [0, 0.05) is 19.1 Å². The second-order valence-electron chi connectivity index (χ2n) is 5.16. The van der Waals surface area contributed by atoms with Crippen molar-refractivity contribution in [1.29, 1.82) is 0 Å². The predicted molar refractivity (Wildman–Crippen MR) is 62.3 cm³/mol. The molecular weight excluding hydrogens is 208 g/mol. The summed E-state index contributed by atoms with van der Waals surface area (Å²) in [6, 6.07) is -0.236. The van der Waals surface area contributed by atoms with E-state index >= 15 is 0 Å². The SMILES string of the molecule is CC(C)CN(C)C(=O)NC(C)(C)CC(=O)O. The topological polar surface area (TPSA) is 69.6 Å². The molecule has 0 aromatic heterocycles. The largest absolute Gasteiger partial charge is 0.481 e. The summed E-state index contributed by atoms with van der Waals surface area (Å²) < 4.78 is 0. The van der Waals surface area contributed by atoms with Crippen LogP contribution in [0.4, 0.5) is 4.79 Å². The van der Waals surface area contributed by atoms with Crippen LogP contribution in [0.2, 0.25) is 0 Å². The van der Waals surface area contributed by atoms with E-state index in [9.17, 15) is 9.59 Å². The van der Waals surface area contributed by atoms with Crippen LogP contribution in [0.1, 0.15) is 34.1 Å². The highest BCUT2D eigenvalue weighted by Crippen LogP contribution is 2.09. The first-order valence-corrected chi connectivity index (χ1v) is 5.39. The minimum Gasteiger partial charge on any atom is -0.481 e. The van der Waals surface area contributed by atoms with Crippen LogP contribution in [0.15, 0.2) is 0 Å². The Morgan fingerprint density at radius 2 is 1.88 bits per heavy atom. The van der Waals surface area contributed by atoms with Crippen molar-refractivity contribution in [2.24, 2.45) is 5.92 Å². The first-order valence-electron chi connectivity index (χ1n) is 5.39. The van der Waals surface area contributed by atoms with Gasteiger partial charge in [0.05, 0.1) is 6.42 Å². The molecule has 0 aliphatic heterocycles. The Morgan fingerprint density at radius 3 is 2.25 bits per heavy atom. The maximum atomic E-state index is 11.7. The summed E-state index contributed by atoms with van der Waals surface area (Å²) in [5, 5.41) is 11.4. The van der Waals surface area contributed by atoms with E-state index in [1.54, 1.807) is 25.8 Å². The van der Waals surface area contributed by atoms with E-state index in [0.29, 0.717) is 12.5 Å². The minimum absolute atomic E-state index is 0.0890. The molecule has 2 amide bonds. The molecule has 0 aliphatic rings. The monoisotopic (exact) mass is 230 g/mol. The van der Waals surface area contributed by atoms with Gasteiger partial charge in [-0.25, -0.2) is 4.79 Å². The molecule has 0 heterocycles. The van der Waals surface area contributed by atoms with Gasteiger partial charge in [-0.15, -0.1) is 0 Å². The molecule has 0 aliphatic carbocycles. The zero-order chi connectivity index (χ0) is 12.9. The van der Waals surface area contributed by atoms with Crippen LogP contribution >= 0.6 is 0 Å². The smallest absolute Gasteiger partial charge is 0.317 e. The number of rotatable bonds is 5. The predicted octanol–water partition coefficient (Wildman–Crippen LogP) is 1.54. The Bertz CT molecular complexity index is 262. The summed E-state index contributed by atoms with van der Waals surface area (Å²) in [5.74, 6) is -0.532. The molecular formula is C11H22N2O3. The molecule has 0 saturated carbocycles. The van der Waals surface area contributed by atoms with Crippen LogP contribution in [-0.2, 0) is 4.79 Å². The van der Waals surface area contributed by atoms with Crippen molar-refractivity contribution in [3.05, 3.63) is 0 Å². The molecule has 0 bridgehead atoms. The van der Waals surface area contributed by atoms with Gasteiger partial charge in [0.1, 0.15) is 0 Å². The lowest BCUT2D eigenvalue weighted by molar-refractivity contribution is -0.138. The summed E-state index contributed by atoms with van der Waals surface area (Å²) >= 11 is 0. The van der Waals surface area contributed by atoms with Crippen LogP contribution in [0.5, 0.6) is 0 Å². The highest BCUT2D eigenvalue weighted by atomic mass is 16.4. The number of carboxylic acid groups (broad SMARTS) is 1. The number of nitrogens with zero attached hydrogens (tertiary/aromatic N) is 1. The van der Waals surface area contributed by atoms with Crippen molar-refractivity contribution in [3.63, 3.8) is 0 Å². The number of carbonyl (C=O) groups is 2. The third-order valence-corrected chi connectivity index (χ3v) is 2.02. The highest BCUT2D eigenvalue weighted by Gasteiger charge is 2.25. The van der Waals surface area contributed by atoms with E-state index in [-0.39, 0.29) is 12.5 Å². The molecule has 0 atom stereocenters. The lowest BCUT2D eigenvalue weighted by Crippen LogP contribution is -2.50. The molecule has 0 spiro atoms. The highest BCUT2D eigenvalue weighted by molar-refractivity contribution is 5.76. The Hall–Kier alpha value is -1.26. The van der Waals surface area contributed by atoms with E-state index in [1.807, 2.05) is 13.8 Å². The van der Waals surface area contributed by atoms with Crippen molar-refractivity contribution in [2.75, 3.05) is 13.6 Å². The van der Waals surface area contributed by atoms with E-state index in [0.717, 1.165) is 0 Å². The minimum atomic E-state index is -0.920. The third kappa shape index (κ3) is 6.27. The number of hydrogen-bond donors (Lipinski definition) is 2. The van der Waals surface area contributed by atoms with Gasteiger partial charge in [0.15, 0.2) is 0 Å². The second kappa shape index (κ2) is 5.72. The van der Waals surface area contributed by atoms with E-state index in [4.69, 9.17) is 5.11 Å². The Labute approximate surface area is 96.8 Å². The first-order chi connectivity index (χ1) is 7.14. The fourth-order valence-corrected chi connectivity index (χ4v) is 1.44. The van der Waals surface area contributed by atoms with Crippen LogP contribution in [0.3, 0.4) is 0 Å². The molecule has 0 saturated heterocycles. The fraction of sp³-hybridized carbons (Fsp3) is 0.818. The summed E-state index contributed by atoms with van der Waals surface area (Å²) in [4.78, 5) is 23.8. The van der Waals surface area contributed by atoms with Gasteiger partial charge in [-0.3, -0.25) is 4.79 Å². The molecule has 94 valence electrons. The summed E-state index contributed by atoms with van der Waals surface area (Å²) in [6.07, 6.45) is -0.0890. The molecule has 16 heavy (non-hydrogen) atoms. The number of hydrogen-bond acceptors (Lipinski definition) is 2. The number of aliphatic carboxylic acids is 1. The number of carboxylic acids is 1. The van der Waals surface area contributed by atoms with Gasteiger partial charge >= 0.3 is 12.0 Å². The molecule has 0 rings (SSSR count). The van der Waals surface area contributed by atoms with Gasteiger partial charge in [-0.05, 0) is 19.8 Å². The number of amides is 2. The van der Waals surface area contributed by atoms with E-state index in [2.05, 4.69) is 5.32 Å². The third-order valence-electron chi connectivity index (χ3n) is 2.02. The summed E-state index contributed by atoms with van der Waals surface area (Å²) in [7, 11) is 1.70. The van der Waals surface area contributed by atoms with Crippen LogP contribution in [-0.4, -0.2) is 41.1 Å². The van der Waals surface area contributed by atoms with Gasteiger partial charge < -0.3 is 15.3 Å². The van der Waals surface area contributed by atoms with Gasteiger partial charge in [-0.1, -0.05) is 13.8 Å². The van der Waals surface area contributed by atoms with Crippen molar-refractivity contribution in [2.45, 2.75) is 39.7 Å². The van der Waals surface area contributed by atoms with Crippen LogP contribution in [0, 0.1) is 5.92 Å². The first kappa shape index (κ1) is 14.7. The quantitative estimate of drug-likeness (QED) is 0.752. The number of carbonyl (C=O) groups excluding carboxylic acids is 1. The maximum absolute atomic E-state index is 11.7. The summed E-state index contributed by atoms with van der Waals surface area (Å²) in [6.45, 7) is 8.08. The Balaban J connectivity index is 4.26. The van der Waals surface area contributed by atoms with Crippen molar-refractivity contribution < 1.29 is 14.7 Å². The lowest BCUT2D eigenvalue weighted by atomic mass is 10.0. The average molecular weight is 230 g/mol. The normalized spacial score (nSPS) is 11.4. The second-order valence-corrected chi connectivity index (χ2v) is 5.16. The maximum Gasteiger partial charge on any atom is 0.317 e. The van der Waals surface area contributed by atoms with Crippen molar-refractivity contribution >= 4 is 12.0 Å². The molecule has 0 aromatic carbocycles. The molecule has 5 heteroatoms. The van der Waals surface area contributed by atoms with Crippen LogP contribution < -0.4 is 5.32 Å². The Kier molecular flexibility index (Phi) is 5.27. The Morgan fingerprint density at radius 1 is 1.38 bits per heavy atom. The van der Waals surface area contributed by atoms with E-state index in [1.165, 1.54) is 0 Å². The molecule has 0 fully saturated rings. The zero-order valence-electron chi connectivity index (χ0n) is 10.7. The number of urea groups is 1. The van der Waals surface area contributed by atoms with E-state index < -0.39 is 11.5 Å². The molecule has 0 radical (unpaired) electrons. The van der Waals surface area contributed by atoms with Gasteiger partial charge in [0.25, 0.3) is 0 Å². The van der Waals surface area contributed by atoms with Crippen LogP contribution in [0.25, 0.3) is 0 Å². The average Bonchev–Trinajstić information content (AvgIpc) is 1.98.